The van der Waals surface area contributed by atoms with Gasteiger partial charge in [0.2, 0.25) is 0 Å². The maximum Gasteiger partial charge on any atom is 0.266 e. The molecule has 1 amide bonds. The second-order valence-electron chi connectivity index (χ2n) is 5.93. The number of benzene rings is 1. The lowest BCUT2D eigenvalue weighted by Crippen LogP contribution is -2.33. The van der Waals surface area contributed by atoms with Gasteiger partial charge in [0, 0.05) is 24.8 Å². The normalized spacial score (nSPS) is 11.6. The summed E-state index contributed by atoms with van der Waals surface area (Å²) in [6, 6.07) is 6.85. The van der Waals surface area contributed by atoms with E-state index >= 15 is 0 Å². The van der Waals surface area contributed by atoms with E-state index in [1.54, 1.807) is 4.57 Å². The Balaban J connectivity index is 2.33. The van der Waals surface area contributed by atoms with Crippen LogP contribution < -0.4 is 15.7 Å². The fraction of sp³-hybridized carbons (Fsp3) is 0.421. The number of amides is 1. The smallest absolute Gasteiger partial charge is 0.266 e. The van der Waals surface area contributed by atoms with E-state index in [1.165, 1.54) is 41.7 Å². The number of rotatable bonds is 8. The lowest BCUT2D eigenvalue weighted by atomic mass is 10.3. The number of hydrogen-bond donors (Lipinski definition) is 1. The quantitative estimate of drug-likeness (QED) is 0.711. The van der Waals surface area contributed by atoms with Gasteiger partial charge in [0.1, 0.15) is 10.7 Å². The highest BCUT2D eigenvalue weighted by atomic mass is 32.1. The Labute approximate surface area is 156 Å². The molecule has 0 unspecified atom stereocenters. The van der Waals surface area contributed by atoms with Gasteiger partial charge in [0.25, 0.3) is 11.5 Å². The van der Waals surface area contributed by atoms with Crippen LogP contribution in [0, 0.1) is 5.82 Å². The average Bonchev–Trinajstić information content (AvgIpc) is 2.63. The minimum Gasteiger partial charge on any atom is -0.321 e. The van der Waals surface area contributed by atoms with E-state index in [0.717, 1.165) is 25.7 Å². The van der Waals surface area contributed by atoms with Gasteiger partial charge in [-0.1, -0.05) is 38.0 Å². The molecule has 1 aromatic heterocycles. The van der Waals surface area contributed by atoms with E-state index in [2.05, 4.69) is 24.2 Å². The summed E-state index contributed by atoms with van der Waals surface area (Å²) in [6.07, 6.45) is 3.79. The van der Waals surface area contributed by atoms with Gasteiger partial charge in [-0.3, -0.25) is 19.1 Å². The molecule has 0 fully saturated rings. The highest BCUT2D eigenvalue weighted by molar-refractivity contribution is 7.11. The number of carbonyl (C=O) groups excluding carboxylic acids is 1. The molecule has 7 heteroatoms. The number of aromatic nitrogens is 1. The molecule has 0 radical (unpaired) electrons. The van der Waals surface area contributed by atoms with Crippen LogP contribution in [0.25, 0.3) is 0 Å². The molecule has 140 valence electrons. The van der Waals surface area contributed by atoms with Crippen molar-refractivity contribution < 1.29 is 9.18 Å². The second-order valence-corrected chi connectivity index (χ2v) is 6.94. The van der Waals surface area contributed by atoms with Crippen LogP contribution in [0.4, 0.5) is 10.1 Å². The van der Waals surface area contributed by atoms with Crippen molar-refractivity contribution in [2.75, 3.05) is 11.9 Å². The van der Waals surface area contributed by atoms with Crippen molar-refractivity contribution in [3.05, 3.63) is 56.2 Å². The van der Waals surface area contributed by atoms with E-state index < -0.39 is 5.91 Å². The number of nitrogens with one attached hydrogen (secondary N) is 1. The number of unbranched alkanes of at least 4 members (excludes halogenated alkanes) is 2. The summed E-state index contributed by atoms with van der Waals surface area (Å²) < 4.78 is 14.6. The highest BCUT2D eigenvalue weighted by Gasteiger charge is 2.11. The van der Waals surface area contributed by atoms with Gasteiger partial charge in [-0.2, -0.15) is 0 Å². The lowest BCUT2D eigenvalue weighted by molar-refractivity contribution is 0.103. The first-order chi connectivity index (χ1) is 12.5. The van der Waals surface area contributed by atoms with Crippen LogP contribution in [0.3, 0.4) is 0 Å². The summed E-state index contributed by atoms with van der Waals surface area (Å²) in [4.78, 5) is 30.3. The number of hydrogen-bond acceptors (Lipinski definition) is 4. The van der Waals surface area contributed by atoms with E-state index in [1.807, 2.05) is 0 Å². The number of anilines is 1. The summed E-state index contributed by atoms with van der Waals surface area (Å²) in [6.45, 7) is 5.36. The maximum atomic E-state index is 13.0. The second kappa shape index (κ2) is 10.0. The van der Waals surface area contributed by atoms with Gasteiger partial charge in [-0.05, 0) is 37.1 Å². The molecule has 0 bridgehead atoms. The number of nitrogens with zero attached hydrogens (tertiary/aromatic N) is 2. The Morgan fingerprint density at radius 2 is 1.88 bits per heavy atom. The number of halogens is 1. The average molecular weight is 377 g/mol. The SMILES string of the molecule is CCCCN=c1sc(C(=O)Nc2ccc(F)cc2)cc(=O)n1CCCC. The van der Waals surface area contributed by atoms with E-state index in [9.17, 15) is 14.0 Å². The van der Waals surface area contributed by atoms with Gasteiger partial charge in [-0.15, -0.1) is 0 Å². The Bertz CT molecular complexity index is 856. The first-order valence-corrected chi connectivity index (χ1v) is 9.69. The molecule has 0 aliphatic carbocycles. The van der Waals surface area contributed by atoms with Crippen molar-refractivity contribution in [3.63, 3.8) is 0 Å². The van der Waals surface area contributed by atoms with Crippen LogP contribution in [-0.2, 0) is 6.54 Å². The first kappa shape index (κ1) is 20.0. The van der Waals surface area contributed by atoms with Crippen molar-refractivity contribution >= 4 is 22.9 Å². The molecule has 0 saturated heterocycles. The van der Waals surface area contributed by atoms with Crippen LogP contribution in [0.15, 0.2) is 40.1 Å². The van der Waals surface area contributed by atoms with Crippen molar-refractivity contribution in [1.82, 2.24) is 4.57 Å². The molecular weight excluding hydrogens is 353 g/mol. The summed E-state index contributed by atoms with van der Waals surface area (Å²) in [5, 5.41) is 2.68. The van der Waals surface area contributed by atoms with Gasteiger partial charge in [0.05, 0.1) is 0 Å². The Morgan fingerprint density at radius 1 is 1.19 bits per heavy atom. The third-order valence-electron chi connectivity index (χ3n) is 3.77. The monoisotopic (exact) mass is 377 g/mol. The predicted octanol–water partition coefficient (Wildman–Crippen LogP) is 3.80. The van der Waals surface area contributed by atoms with Gasteiger partial charge >= 0.3 is 0 Å². The molecule has 26 heavy (non-hydrogen) atoms. The fourth-order valence-electron chi connectivity index (χ4n) is 2.28. The zero-order valence-corrected chi connectivity index (χ0v) is 15.9. The lowest BCUT2D eigenvalue weighted by Gasteiger charge is -2.08. The topological polar surface area (TPSA) is 63.5 Å². The standard InChI is InChI=1S/C19H24FN3O2S/c1-3-5-11-21-19-23(12-6-4-2)17(24)13-16(26-19)18(25)22-15-9-7-14(20)8-10-15/h7-10,13H,3-6,11-12H2,1-2H3,(H,22,25). The highest BCUT2D eigenvalue weighted by Crippen LogP contribution is 2.11. The zero-order chi connectivity index (χ0) is 18.9. The molecule has 1 aromatic carbocycles. The minimum absolute atomic E-state index is 0.225. The van der Waals surface area contributed by atoms with Crippen LogP contribution in [0.2, 0.25) is 0 Å². The Hall–Kier alpha value is -2.28. The summed E-state index contributed by atoms with van der Waals surface area (Å²) in [5.74, 6) is -0.769. The summed E-state index contributed by atoms with van der Waals surface area (Å²) >= 11 is 1.20. The predicted molar refractivity (Wildman–Crippen MR) is 103 cm³/mol. The van der Waals surface area contributed by atoms with Gasteiger partial charge in [-0.25, -0.2) is 4.39 Å². The van der Waals surface area contributed by atoms with E-state index in [4.69, 9.17) is 0 Å². The third kappa shape index (κ3) is 5.62. The minimum atomic E-state index is -0.395. The molecular formula is C19H24FN3O2S. The molecule has 0 aliphatic heterocycles. The maximum absolute atomic E-state index is 13.0. The fourth-order valence-corrected chi connectivity index (χ4v) is 3.23. The largest absolute Gasteiger partial charge is 0.321 e. The van der Waals surface area contributed by atoms with E-state index in [0.29, 0.717) is 28.5 Å². The van der Waals surface area contributed by atoms with Crippen molar-refractivity contribution in [2.45, 2.75) is 46.1 Å². The van der Waals surface area contributed by atoms with E-state index in [-0.39, 0.29) is 11.4 Å². The Kier molecular flexibility index (Phi) is 7.72. The van der Waals surface area contributed by atoms with Crippen LogP contribution >= 0.6 is 11.3 Å². The molecule has 0 saturated carbocycles. The van der Waals surface area contributed by atoms with Crippen LogP contribution in [0.1, 0.15) is 49.2 Å². The Morgan fingerprint density at radius 3 is 2.54 bits per heavy atom. The summed E-state index contributed by atoms with van der Waals surface area (Å²) in [7, 11) is 0. The molecule has 0 spiro atoms. The molecule has 0 atom stereocenters. The summed E-state index contributed by atoms with van der Waals surface area (Å²) in [5.41, 5.74) is 0.250. The van der Waals surface area contributed by atoms with Crippen LogP contribution in [-0.4, -0.2) is 17.0 Å². The van der Waals surface area contributed by atoms with Gasteiger partial charge < -0.3 is 5.32 Å². The van der Waals surface area contributed by atoms with Crippen LogP contribution in [0.5, 0.6) is 0 Å². The van der Waals surface area contributed by atoms with Crippen molar-refractivity contribution in [3.8, 4) is 0 Å². The first-order valence-electron chi connectivity index (χ1n) is 8.87. The van der Waals surface area contributed by atoms with Gasteiger partial charge in [0.15, 0.2) is 4.80 Å². The number of carbonyl (C=O) groups is 1. The molecule has 5 nitrogen and oxygen atoms in total. The molecule has 0 aliphatic rings. The zero-order valence-electron chi connectivity index (χ0n) is 15.1. The van der Waals surface area contributed by atoms with Crippen molar-refractivity contribution in [1.29, 1.82) is 0 Å². The van der Waals surface area contributed by atoms with Crippen molar-refractivity contribution in [2.24, 2.45) is 4.99 Å². The molecule has 1 heterocycles. The molecule has 2 rings (SSSR count). The third-order valence-corrected chi connectivity index (χ3v) is 4.83. The molecule has 1 N–H and O–H groups in total. The molecule has 2 aromatic rings.